The molecule has 202 valence electrons. The number of ether oxygens (including phenoxy) is 1. The quantitative estimate of drug-likeness (QED) is 0.443. The first kappa shape index (κ1) is 27.8. The molecule has 0 saturated carbocycles. The van der Waals surface area contributed by atoms with Crippen molar-refractivity contribution in [3.63, 3.8) is 0 Å². The van der Waals surface area contributed by atoms with Crippen molar-refractivity contribution >= 4 is 27.5 Å². The highest BCUT2D eigenvalue weighted by Gasteiger charge is 2.43. The molecule has 0 aliphatic carbocycles. The van der Waals surface area contributed by atoms with Crippen LogP contribution in [0.25, 0.3) is 0 Å². The van der Waals surface area contributed by atoms with E-state index >= 15 is 0 Å². The number of hydrogen-bond acceptors (Lipinski definition) is 4. The highest BCUT2D eigenvalue weighted by atomic mass is 35.5. The Morgan fingerprint density at radius 1 is 1.03 bits per heavy atom. The minimum atomic E-state index is -3.89. The molecule has 2 aromatic rings. The Bertz CT molecular complexity index is 1220. The lowest BCUT2D eigenvalue weighted by atomic mass is 9.78. The van der Waals surface area contributed by atoms with Crippen LogP contribution < -0.4 is 4.74 Å². The summed E-state index contributed by atoms with van der Waals surface area (Å²) in [5, 5.41) is 0.617. The van der Waals surface area contributed by atoms with Crippen molar-refractivity contribution in [1.82, 2.24) is 9.21 Å². The molecular weight excluding hydrogens is 522 g/mol. The molecule has 6 nitrogen and oxygen atoms in total. The molecule has 0 N–H and O–H groups in total. The van der Waals surface area contributed by atoms with Crippen molar-refractivity contribution in [2.45, 2.75) is 51.2 Å². The minimum Gasteiger partial charge on any atom is -0.493 e. The second-order valence-corrected chi connectivity index (χ2v) is 12.7. The molecule has 37 heavy (non-hydrogen) atoms. The number of benzene rings is 2. The number of piperidine rings is 2. The monoisotopic (exact) mass is 554 g/mol. The van der Waals surface area contributed by atoms with Gasteiger partial charge in [-0.2, -0.15) is 0 Å². The fourth-order valence-electron chi connectivity index (χ4n) is 5.23. The molecule has 2 aliphatic rings. The molecule has 2 aliphatic heterocycles. The first-order chi connectivity index (χ1) is 17.6. The van der Waals surface area contributed by atoms with Crippen molar-refractivity contribution in [3.8, 4) is 5.75 Å². The van der Waals surface area contributed by atoms with Crippen LogP contribution in [0.15, 0.2) is 36.4 Å². The first-order valence-electron chi connectivity index (χ1n) is 12.6. The zero-order chi connectivity index (χ0) is 26.6. The zero-order valence-electron chi connectivity index (χ0n) is 21.0. The van der Waals surface area contributed by atoms with Crippen molar-refractivity contribution in [3.05, 3.63) is 64.2 Å². The molecule has 2 aromatic carbocycles. The van der Waals surface area contributed by atoms with Gasteiger partial charge >= 0.3 is 0 Å². The van der Waals surface area contributed by atoms with E-state index in [2.05, 4.69) is 0 Å². The lowest BCUT2D eigenvalue weighted by molar-refractivity contribution is -0.136. The molecule has 2 fully saturated rings. The Morgan fingerprint density at radius 2 is 1.73 bits per heavy atom. The lowest BCUT2D eigenvalue weighted by Gasteiger charge is -2.42. The Morgan fingerprint density at radius 3 is 2.41 bits per heavy atom. The molecule has 0 unspecified atom stereocenters. The Balaban J connectivity index is 1.55. The highest BCUT2D eigenvalue weighted by Crippen LogP contribution is 2.37. The number of rotatable bonds is 8. The van der Waals surface area contributed by atoms with Crippen molar-refractivity contribution in [2.24, 2.45) is 5.41 Å². The maximum atomic E-state index is 13.7. The van der Waals surface area contributed by atoms with Gasteiger partial charge in [0, 0.05) is 49.1 Å². The summed E-state index contributed by atoms with van der Waals surface area (Å²) in [6.07, 6.45) is 4.36. The third-order valence-electron chi connectivity index (χ3n) is 7.20. The minimum absolute atomic E-state index is 0.00189. The van der Waals surface area contributed by atoms with Crippen LogP contribution in [0.2, 0.25) is 5.02 Å². The summed E-state index contributed by atoms with van der Waals surface area (Å²) in [5.41, 5.74) is 0.166. The van der Waals surface area contributed by atoms with E-state index in [0.29, 0.717) is 42.8 Å². The smallest absolute Gasteiger partial charge is 0.223 e. The van der Waals surface area contributed by atoms with Gasteiger partial charge in [0.1, 0.15) is 17.4 Å². The van der Waals surface area contributed by atoms with Crippen LogP contribution in [0.4, 0.5) is 8.78 Å². The van der Waals surface area contributed by atoms with Crippen LogP contribution >= 0.6 is 11.6 Å². The average Bonchev–Trinajstić information content (AvgIpc) is 2.84. The van der Waals surface area contributed by atoms with Gasteiger partial charge in [0.05, 0.1) is 12.4 Å². The van der Waals surface area contributed by atoms with E-state index in [1.165, 1.54) is 4.31 Å². The standard InChI is InChI=1S/C27H33ClF2N2O4S/c1-20-12-24(6-7-25(20)28)36-19-27(16-26(33)31-9-3-2-4-10-31)8-5-11-32(18-27)37(34,35)17-21-13-22(29)15-23(30)14-21/h6-7,12-15H,2-5,8-11,16-19H2,1H3/t27-/m1/s1. The van der Waals surface area contributed by atoms with Crippen LogP contribution in [0.3, 0.4) is 0 Å². The van der Waals surface area contributed by atoms with Crippen molar-refractivity contribution in [1.29, 1.82) is 0 Å². The Labute approximate surface area is 222 Å². The van der Waals surface area contributed by atoms with Gasteiger partial charge in [0.25, 0.3) is 0 Å². The number of nitrogens with zero attached hydrogens (tertiary/aromatic N) is 2. The van der Waals surface area contributed by atoms with Gasteiger partial charge in [-0.25, -0.2) is 21.5 Å². The van der Waals surface area contributed by atoms with Gasteiger partial charge < -0.3 is 9.64 Å². The Hall–Kier alpha value is -2.23. The molecule has 10 heteroatoms. The van der Waals surface area contributed by atoms with Crippen LogP contribution in [-0.4, -0.2) is 56.3 Å². The number of carbonyl (C=O) groups excluding carboxylic acids is 1. The summed E-state index contributed by atoms with van der Waals surface area (Å²) in [6, 6.07) is 8.09. The van der Waals surface area contributed by atoms with Crippen LogP contribution in [0, 0.1) is 24.0 Å². The normalized spacial score (nSPS) is 21.1. The number of halogens is 3. The van der Waals surface area contributed by atoms with Gasteiger partial charge in [-0.1, -0.05) is 11.6 Å². The number of carbonyl (C=O) groups is 1. The average molecular weight is 555 g/mol. The van der Waals surface area contributed by atoms with Crippen LogP contribution in [-0.2, 0) is 20.6 Å². The molecule has 0 spiro atoms. The summed E-state index contributed by atoms with van der Waals surface area (Å²) < 4.78 is 61.5. The molecule has 0 radical (unpaired) electrons. The van der Waals surface area contributed by atoms with Crippen LogP contribution in [0.5, 0.6) is 5.75 Å². The van der Waals surface area contributed by atoms with Gasteiger partial charge in [-0.15, -0.1) is 0 Å². The number of amides is 1. The van der Waals surface area contributed by atoms with Gasteiger partial charge in [-0.05, 0) is 80.5 Å². The highest BCUT2D eigenvalue weighted by molar-refractivity contribution is 7.88. The number of sulfonamides is 1. The number of likely N-dealkylation sites (tertiary alicyclic amines) is 1. The molecule has 2 saturated heterocycles. The summed E-state index contributed by atoms with van der Waals surface area (Å²) in [5.74, 6) is -1.56. The topological polar surface area (TPSA) is 66.9 Å². The van der Waals surface area contributed by atoms with Gasteiger partial charge in [-0.3, -0.25) is 4.79 Å². The molecule has 1 amide bonds. The van der Waals surface area contributed by atoms with Crippen LogP contribution in [0.1, 0.15) is 49.7 Å². The summed E-state index contributed by atoms with van der Waals surface area (Å²) in [4.78, 5) is 15.2. The van der Waals surface area contributed by atoms with Gasteiger partial charge in [0.2, 0.25) is 15.9 Å². The van der Waals surface area contributed by atoms with E-state index in [9.17, 15) is 22.0 Å². The SMILES string of the molecule is Cc1cc(OC[C@@]2(CC(=O)N3CCCCC3)CCCN(S(=O)(=O)Cc3cc(F)cc(F)c3)C2)ccc1Cl. The van der Waals surface area contributed by atoms with E-state index in [1.54, 1.807) is 12.1 Å². The predicted molar refractivity (Wildman–Crippen MR) is 139 cm³/mol. The summed E-state index contributed by atoms with van der Waals surface area (Å²) >= 11 is 6.14. The number of hydrogen-bond donors (Lipinski definition) is 0. The molecule has 1 atom stereocenters. The molecule has 2 heterocycles. The maximum absolute atomic E-state index is 13.7. The maximum Gasteiger partial charge on any atom is 0.223 e. The summed E-state index contributed by atoms with van der Waals surface area (Å²) in [6.45, 7) is 3.82. The second kappa shape index (κ2) is 11.7. The lowest BCUT2D eigenvalue weighted by Crippen LogP contribution is -2.51. The van der Waals surface area contributed by atoms with E-state index in [4.69, 9.17) is 16.3 Å². The third kappa shape index (κ3) is 7.21. The van der Waals surface area contributed by atoms with Crippen molar-refractivity contribution < 1.29 is 26.7 Å². The molecule has 4 rings (SSSR count). The third-order valence-corrected chi connectivity index (χ3v) is 9.42. The fourth-order valence-corrected chi connectivity index (χ4v) is 6.99. The molecule has 0 aromatic heterocycles. The fraction of sp³-hybridized carbons (Fsp3) is 0.519. The first-order valence-corrected chi connectivity index (χ1v) is 14.6. The summed E-state index contributed by atoms with van der Waals surface area (Å²) in [7, 11) is -3.89. The van der Waals surface area contributed by atoms with E-state index < -0.39 is 32.8 Å². The van der Waals surface area contributed by atoms with E-state index in [1.807, 2.05) is 17.9 Å². The van der Waals surface area contributed by atoms with Gasteiger partial charge in [0.15, 0.2) is 0 Å². The van der Waals surface area contributed by atoms with E-state index in [0.717, 1.165) is 37.0 Å². The van der Waals surface area contributed by atoms with E-state index in [-0.39, 0.29) is 37.6 Å². The predicted octanol–water partition coefficient (Wildman–Crippen LogP) is 5.32. The Kier molecular flexibility index (Phi) is 8.76. The zero-order valence-corrected chi connectivity index (χ0v) is 22.6. The number of aryl methyl sites for hydroxylation is 1. The largest absolute Gasteiger partial charge is 0.493 e. The second-order valence-electron chi connectivity index (χ2n) is 10.3. The molecular formula is C27H33ClF2N2O4S. The molecule has 0 bridgehead atoms. The van der Waals surface area contributed by atoms with Crippen molar-refractivity contribution in [2.75, 3.05) is 32.8 Å².